The summed E-state index contributed by atoms with van der Waals surface area (Å²) in [4.78, 5) is 3.32. The van der Waals surface area contributed by atoms with Crippen molar-refractivity contribution in [3.63, 3.8) is 0 Å². The van der Waals surface area contributed by atoms with Crippen LogP contribution >= 0.6 is 0 Å². The zero-order valence-corrected chi connectivity index (χ0v) is 25.5. The molecule has 0 amide bonds. The molecule has 0 saturated heterocycles. The van der Waals surface area contributed by atoms with Gasteiger partial charge >= 0.3 is 0 Å². The van der Waals surface area contributed by atoms with Crippen LogP contribution in [-0.4, -0.2) is 4.98 Å². The molecule has 0 saturated carbocycles. The Bertz CT molecular complexity index is 723. The summed E-state index contributed by atoms with van der Waals surface area (Å²) in [7, 11) is 0. The largest absolute Gasteiger partial charge is 0.250 e. The highest BCUT2D eigenvalue weighted by atomic mass is 15.1. The number of nitrogens with zero attached hydrogens (tertiary/aromatic N) is 1. The summed E-state index contributed by atoms with van der Waals surface area (Å²) in [5.41, 5.74) is 1.50. The van der Waals surface area contributed by atoms with Crippen LogP contribution in [0.4, 0.5) is 0 Å². The SMILES string of the molecule is CCCCCCCCCCCCCCCCCCC(Cc1ccccc1)C(CCCCCC)[n+]1cc[nH]c1. The minimum absolute atomic E-state index is 0.606. The van der Waals surface area contributed by atoms with E-state index in [1.54, 1.807) is 0 Å². The van der Waals surface area contributed by atoms with Gasteiger partial charge in [0, 0.05) is 5.92 Å². The van der Waals surface area contributed by atoms with Gasteiger partial charge in [0.15, 0.2) is 0 Å². The van der Waals surface area contributed by atoms with Crippen LogP contribution in [0, 0.1) is 5.92 Å². The van der Waals surface area contributed by atoms with Crippen molar-refractivity contribution in [2.24, 2.45) is 5.92 Å². The average molecular weight is 524 g/mol. The maximum Gasteiger partial charge on any atom is 0.241 e. The smallest absolute Gasteiger partial charge is 0.241 e. The van der Waals surface area contributed by atoms with E-state index < -0.39 is 0 Å². The van der Waals surface area contributed by atoms with Gasteiger partial charge in [-0.15, -0.1) is 0 Å². The average Bonchev–Trinajstić information content (AvgIpc) is 3.48. The number of aromatic nitrogens is 2. The van der Waals surface area contributed by atoms with E-state index in [0.717, 1.165) is 0 Å². The Hall–Kier alpha value is -1.57. The van der Waals surface area contributed by atoms with Crippen molar-refractivity contribution in [3.05, 3.63) is 54.6 Å². The van der Waals surface area contributed by atoms with Crippen LogP contribution in [0.5, 0.6) is 0 Å². The highest BCUT2D eigenvalue weighted by Crippen LogP contribution is 2.29. The number of hydrogen-bond donors (Lipinski definition) is 1. The van der Waals surface area contributed by atoms with Crippen LogP contribution in [-0.2, 0) is 6.42 Å². The number of aromatic amines is 1. The number of nitrogens with one attached hydrogen (secondary N) is 1. The normalized spacial score (nSPS) is 13.1. The molecule has 2 aromatic rings. The minimum Gasteiger partial charge on any atom is -0.250 e. The highest BCUT2D eigenvalue weighted by molar-refractivity contribution is 5.15. The van der Waals surface area contributed by atoms with E-state index in [1.165, 1.54) is 153 Å². The molecule has 38 heavy (non-hydrogen) atoms. The lowest BCUT2D eigenvalue weighted by molar-refractivity contribution is -0.730. The molecule has 0 aliphatic heterocycles. The molecule has 0 aliphatic carbocycles. The van der Waals surface area contributed by atoms with Gasteiger partial charge in [-0.2, -0.15) is 0 Å². The van der Waals surface area contributed by atoms with E-state index in [4.69, 9.17) is 0 Å². The van der Waals surface area contributed by atoms with Gasteiger partial charge in [-0.3, -0.25) is 4.98 Å². The fourth-order valence-corrected chi connectivity index (χ4v) is 6.22. The monoisotopic (exact) mass is 523 g/mol. The summed E-state index contributed by atoms with van der Waals surface area (Å²) < 4.78 is 2.48. The maximum atomic E-state index is 3.32. The van der Waals surface area contributed by atoms with Gasteiger partial charge < -0.3 is 0 Å². The molecule has 216 valence electrons. The first-order valence-corrected chi connectivity index (χ1v) is 16.9. The fraction of sp³-hybridized carbons (Fsp3) is 0.750. The molecule has 2 nitrogen and oxygen atoms in total. The second kappa shape index (κ2) is 23.3. The van der Waals surface area contributed by atoms with E-state index in [9.17, 15) is 0 Å². The number of hydrogen-bond acceptors (Lipinski definition) is 0. The molecule has 0 fully saturated rings. The molecule has 1 aromatic carbocycles. The summed E-state index contributed by atoms with van der Waals surface area (Å²) in [5.74, 6) is 0.714. The summed E-state index contributed by atoms with van der Waals surface area (Å²) in [6.45, 7) is 4.62. The Labute approximate surface area is 237 Å². The number of imidazole rings is 1. The van der Waals surface area contributed by atoms with Crippen molar-refractivity contribution >= 4 is 0 Å². The lowest BCUT2D eigenvalue weighted by Gasteiger charge is -2.25. The van der Waals surface area contributed by atoms with Crippen LogP contribution in [0.3, 0.4) is 0 Å². The van der Waals surface area contributed by atoms with Gasteiger partial charge in [-0.25, -0.2) is 4.57 Å². The van der Waals surface area contributed by atoms with E-state index in [0.29, 0.717) is 12.0 Å². The predicted octanol–water partition coefficient (Wildman–Crippen LogP) is 11.3. The Kier molecular flexibility index (Phi) is 20.0. The summed E-state index contributed by atoms with van der Waals surface area (Å²) in [6, 6.07) is 11.8. The van der Waals surface area contributed by atoms with Gasteiger partial charge in [0.05, 0.1) is 0 Å². The third-order valence-corrected chi connectivity index (χ3v) is 8.62. The van der Waals surface area contributed by atoms with Crippen LogP contribution in [0.25, 0.3) is 0 Å². The van der Waals surface area contributed by atoms with Gasteiger partial charge in [0.25, 0.3) is 0 Å². The van der Waals surface area contributed by atoms with Crippen LogP contribution < -0.4 is 4.57 Å². The summed E-state index contributed by atoms with van der Waals surface area (Å²) in [6.07, 6.45) is 38.9. The van der Waals surface area contributed by atoms with E-state index in [2.05, 4.69) is 72.5 Å². The number of unbranched alkanes of at least 4 members (excludes halogenated alkanes) is 18. The van der Waals surface area contributed by atoms with E-state index >= 15 is 0 Å². The first-order chi connectivity index (χ1) is 18.8. The Morgan fingerprint density at radius 3 is 1.55 bits per heavy atom. The Morgan fingerprint density at radius 2 is 1.05 bits per heavy atom. The molecule has 0 bridgehead atoms. The first-order valence-electron chi connectivity index (χ1n) is 16.9. The van der Waals surface area contributed by atoms with Crippen molar-refractivity contribution in [1.82, 2.24) is 4.98 Å². The zero-order chi connectivity index (χ0) is 26.9. The third kappa shape index (κ3) is 15.7. The molecule has 2 heteroatoms. The molecule has 1 heterocycles. The standard InChI is InChI=1S/C36H62N2/c1-3-5-7-9-10-11-12-13-14-15-16-17-18-19-20-24-28-35(32-34-26-22-21-23-27-34)36(29-25-8-6-4-2)38-31-30-37-33-38/h21-23,26-27,30-31,33,35-36H,3-20,24-25,28-29,32H2,1-2H3/p+1. The van der Waals surface area contributed by atoms with Crippen molar-refractivity contribution in [2.45, 2.75) is 168 Å². The second-order valence-electron chi connectivity index (χ2n) is 12.0. The molecule has 0 aliphatic rings. The lowest BCUT2D eigenvalue weighted by Crippen LogP contribution is -2.42. The number of benzene rings is 1. The predicted molar refractivity (Wildman–Crippen MR) is 167 cm³/mol. The van der Waals surface area contributed by atoms with E-state index in [1.807, 2.05) is 0 Å². The van der Waals surface area contributed by atoms with Crippen LogP contribution in [0.15, 0.2) is 49.1 Å². The summed E-state index contributed by atoms with van der Waals surface area (Å²) >= 11 is 0. The maximum absolute atomic E-state index is 3.32. The van der Waals surface area contributed by atoms with Crippen LogP contribution in [0.2, 0.25) is 0 Å². The van der Waals surface area contributed by atoms with Crippen molar-refractivity contribution in [2.75, 3.05) is 0 Å². The molecular weight excluding hydrogens is 460 g/mol. The van der Waals surface area contributed by atoms with Crippen molar-refractivity contribution < 1.29 is 4.57 Å². The Balaban J connectivity index is 1.64. The van der Waals surface area contributed by atoms with Gasteiger partial charge in [0.1, 0.15) is 18.4 Å². The van der Waals surface area contributed by atoms with E-state index in [-0.39, 0.29) is 0 Å². The Morgan fingerprint density at radius 1 is 0.579 bits per heavy atom. The fourth-order valence-electron chi connectivity index (χ4n) is 6.22. The molecule has 0 radical (unpaired) electrons. The molecule has 0 spiro atoms. The minimum atomic E-state index is 0.606. The molecule has 2 rings (SSSR count). The topological polar surface area (TPSA) is 19.7 Å². The molecule has 1 aromatic heterocycles. The molecule has 2 atom stereocenters. The highest BCUT2D eigenvalue weighted by Gasteiger charge is 2.26. The number of rotatable bonds is 26. The zero-order valence-electron chi connectivity index (χ0n) is 25.5. The second-order valence-corrected chi connectivity index (χ2v) is 12.0. The number of H-pyrrole nitrogens is 1. The quantitative estimate of drug-likeness (QED) is 0.0934. The van der Waals surface area contributed by atoms with Gasteiger partial charge in [-0.1, -0.05) is 166 Å². The first kappa shape index (κ1) is 32.6. The molecular formula is C36H63N2+. The lowest BCUT2D eigenvalue weighted by atomic mass is 9.84. The van der Waals surface area contributed by atoms with Gasteiger partial charge in [0.2, 0.25) is 6.33 Å². The third-order valence-electron chi connectivity index (χ3n) is 8.62. The van der Waals surface area contributed by atoms with Crippen molar-refractivity contribution in [1.29, 1.82) is 0 Å². The molecule has 1 N–H and O–H groups in total. The van der Waals surface area contributed by atoms with Gasteiger partial charge in [-0.05, 0) is 31.2 Å². The van der Waals surface area contributed by atoms with Crippen molar-refractivity contribution in [3.8, 4) is 0 Å². The van der Waals surface area contributed by atoms with Crippen LogP contribution in [0.1, 0.15) is 167 Å². The summed E-state index contributed by atoms with van der Waals surface area (Å²) in [5, 5.41) is 0. The molecule has 2 unspecified atom stereocenters.